The predicted molar refractivity (Wildman–Crippen MR) is 69.8 cm³/mol. The van der Waals surface area contributed by atoms with Crippen LogP contribution in [0, 0.1) is 0 Å². The van der Waals surface area contributed by atoms with Crippen LogP contribution >= 0.6 is 0 Å². The minimum Gasteiger partial charge on any atom is -0.454 e. The minimum absolute atomic E-state index is 0.0710. The van der Waals surface area contributed by atoms with Gasteiger partial charge in [-0.2, -0.15) is 5.10 Å². The molecule has 0 bridgehead atoms. The summed E-state index contributed by atoms with van der Waals surface area (Å²) in [5.74, 6) is 0.540. The first-order valence-electron chi connectivity index (χ1n) is 5.70. The van der Waals surface area contributed by atoms with E-state index in [1.165, 1.54) is 12.1 Å². The highest BCUT2D eigenvalue weighted by Gasteiger charge is 2.18. The fraction of sp³-hybridized carbons (Fsp3) is 0.0833. The third-order valence-electron chi connectivity index (χ3n) is 2.70. The number of carbonyl (C=O) groups is 1. The van der Waals surface area contributed by atoms with E-state index in [0.717, 1.165) is 0 Å². The Morgan fingerprint density at radius 2 is 2.05 bits per heavy atom. The molecule has 0 fully saturated rings. The molecule has 0 radical (unpaired) electrons. The fourth-order valence-corrected chi connectivity index (χ4v) is 1.72. The molecule has 0 aliphatic carbocycles. The van der Waals surface area contributed by atoms with Gasteiger partial charge in [-0.3, -0.25) is 9.59 Å². The van der Waals surface area contributed by atoms with Gasteiger partial charge < -0.3 is 20.5 Å². The quantitative estimate of drug-likeness (QED) is 0.679. The van der Waals surface area contributed by atoms with Crippen LogP contribution in [0.4, 0.5) is 11.4 Å². The van der Waals surface area contributed by atoms with Crippen molar-refractivity contribution in [3.63, 3.8) is 0 Å². The molecule has 3 rings (SSSR count). The smallest absolute Gasteiger partial charge is 0.276 e. The van der Waals surface area contributed by atoms with Crippen LogP contribution in [0.15, 0.2) is 29.1 Å². The summed E-state index contributed by atoms with van der Waals surface area (Å²) >= 11 is 0. The van der Waals surface area contributed by atoms with Crippen molar-refractivity contribution in [3.05, 3.63) is 40.3 Å². The number of H-pyrrole nitrogens is 1. The van der Waals surface area contributed by atoms with Crippen LogP contribution in [0.3, 0.4) is 0 Å². The zero-order valence-electron chi connectivity index (χ0n) is 10.2. The fourth-order valence-electron chi connectivity index (χ4n) is 1.72. The summed E-state index contributed by atoms with van der Waals surface area (Å²) in [5, 5.41) is 8.40. The van der Waals surface area contributed by atoms with E-state index >= 15 is 0 Å². The molecule has 1 amide bonds. The lowest BCUT2D eigenvalue weighted by molar-refractivity contribution is 0.102. The second-order valence-corrected chi connectivity index (χ2v) is 4.05. The van der Waals surface area contributed by atoms with Crippen LogP contribution in [0.1, 0.15) is 10.5 Å². The van der Waals surface area contributed by atoms with Gasteiger partial charge in [-0.25, -0.2) is 5.10 Å². The number of benzene rings is 1. The topological polar surface area (TPSA) is 119 Å². The van der Waals surface area contributed by atoms with Crippen molar-refractivity contribution < 1.29 is 14.3 Å². The van der Waals surface area contributed by atoms with Gasteiger partial charge in [0.25, 0.3) is 11.5 Å². The Bertz CT molecular complexity index is 720. The summed E-state index contributed by atoms with van der Waals surface area (Å²) in [5.41, 5.74) is 6.22. The SMILES string of the molecule is Nc1cc2c(cc1NC(=O)c1ccc(=O)[nH]n1)OCO2. The van der Waals surface area contributed by atoms with Gasteiger partial charge in [0.05, 0.1) is 11.4 Å². The van der Waals surface area contributed by atoms with Gasteiger partial charge in [0.1, 0.15) is 5.69 Å². The molecule has 0 spiro atoms. The molecule has 20 heavy (non-hydrogen) atoms. The van der Waals surface area contributed by atoms with Crippen LogP contribution < -0.4 is 26.1 Å². The summed E-state index contributed by atoms with van der Waals surface area (Å²) < 4.78 is 10.4. The van der Waals surface area contributed by atoms with E-state index in [1.807, 2.05) is 0 Å². The Morgan fingerprint density at radius 1 is 1.30 bits per heavy atom. The molecule has 0 unspecified atom stereocenters. The van der Waals surface area contributed by atoms with Crippen molar-refractivity contribution in [1.29, 1.82) is 0 Å². The largest absolute Gasteiger partial charge is 0.454 e. The molecule has 1 aliphatic heterocycles. The molecule has 2 aromatic rings. The first-order valence-corrected chi connectivity index (χ1v) is 5.70. The van der Waals surface area contributed by atoms with Crippen molar-refractivity contribution in [3.8, 4) is 11.5 Å². The van der Waals surface area contributed by atoms with E-state index in [9.17, 15) is 9.59 Å². The van der Waals surface area contributed by atoms with Crippen LogP contribution in [0.5, 0.6) is 11.5 Å². The maximum absolute atomic E-state index is 12.0. The minimum atomic E-state index is -0.494. The van der Waals surface area contributed by atoms with Gasteiger partial charge in [0.15, 0.2) is 11.5 Å². The molecule has 4 N–H and O–H groups in total. The third-order valence-corrected chi connectivity index (χ3v) is 2.70. The number of amides is 1. The zero-order valence-corrected chi connectivity index (χ0v) is 10.2. The lowest BCUT2D eigenvalue weighted by Crippen LogP contribution is -2.18. The monoisotopic (exact) mass is 274 g/mol. The van der Waals surface area contributed by atoms with Crippen molar-refractivity contribution in [2.45, 2.75) is 0 Å². The van der Waals surface area contributed by atoms with Gasteiger partial charge >= 0.3 is 0 Å². The van der Waals surface area contributed by atoms with E-state index in [4.69, 9.17) is 15.2 Å². The lowest BCUT2D eigenvalue weighted by Gasteiger charge is -2.08. The molecule has 2 heterocycles. The number of hydrogen-bond donors (Lipinski definition) is 3. The number of nitrogens with two attached hydrogens (primary N) is 1. The Kier molecular flexibility index (Phi) is 2.75. The average molecular weight is 274 g/mol. The molecule has 8 heteroatoms. The van der Waals surface area contributed by atoms with Crippen molar-refractivity contribution in [1.82, 2.24) is 10.2 Å². The van der Waals surface area contributed by atoms with Crippen LogP contribution in [0.2, 0.25) is 0 Å². The number of hydrogen-bond acceptors (Lipinski definition) is 6. The summed E-state index contributed by atoms with van der Waals surface area (Å²) in [7, 11) is 0. The number of nitrogen functional groups attached to an aromatic ring is 1. The van der Waals surface area contributed by atoms with Crippen molar-refractivity contribution in [2.75, 3.05) is 17.8 Å². The highest BCUT2D eigenvalue weighted by Crippen LogP contribution is 2.38. The van der Waals surface area contributed by atoms with Gasteiger partial charge in [-0.1, -0.05) is 0 Å². The molecule has 0 atom stereocenters. The molecule has 1 aromatic heterocycles. The highest BCUT2D eigenvalue weighted by molar-refractivity contribution is 6.04. The molecule has 1 aromatic carbocycles. The van der Waals surface area contributed by atoms with Gasteiger partial charge in [0, 0.05) is 18.2 Å². The number of nitrogens with one attached hydrogen (secondary N) is 2. The van der Waals surface area contributed by atoms with Crippen LogP contribution in [-0.2, 0) is 0 Å². The maximum atomic E-state index is 12.0. The molecule has 102 valence electrons. The molecule has 8 nitrogen and oxygen atoms in total. The van der Waals surface area contributed by atoms with E-state index < -0.39 is 5.91 Å². The van der Waals surface area contributed by atoms with E-state index in [1.54, 1.807) is 12.1 Å². The normalized spacial score (nSPS) is 12.2. The molecular formula is C12H10N4O4. The average Bonchev–Trinajstić information content (AvgIpc) is 2.87. The summed E-state index contributed by atoms with van der Waals surface area (Å²) in [4.78, 5) is 22.8. The van der Waals surface area contributed by atoms with Gasteiger partial charge in [-0.15, -0.1) is 0 Å². The first-order chi connectivity index (χ1) is 9.63. The second-order valence-electron chi connectivity index (χ2n) is 4.05. The summed E-state index contributed by atoms with van der Waals surface area (Å²) in [6, 6.07) is 5.67. The number of aromatic amines is 1. The maximum Gasteiger partial charge on any atom is 0.276 e. The lowest BCUT2D eigenvalue weighted by atomic mass is 10.2. The Hall–Kier alpha value is -3.03. The number of aromatic nitrogens is 2. The second kappa shape index (κ2) is 4.57. The highest BCUT2D eigenvalue weighted by atomic mass is 16.7. The number of anilines is 2. The Morgan fingerprint density at radius 3 is 2.75 bits per heavy atom. The summed E-state index contributed by atoms with van der Waals surface area (Å²) in [6.45, 7) is 0.119. The van der Waals surface area contributed by atoms with E-state index in [2.05, 4.69) is 15.5 Å². The van der Waals surface area contributed by atoms with Crippen LogP contribution in [0.25, 0.3) is 0 Å². The van der Waals surface area contributed by atoms with Crippen molar-refractivity contribution >= 4 is 17.3 Å². The number of fused-ring (bicyclic) bond motifs is 1. The van der Waals surface area contributed by atoms with E-state index in [0.29, 0.717) is 22.9 Å². The van der Waals surface area contributed by atoms with Gasteiger partial charge in [-0.05, 0) is 6.07 Å². The number of ether oxygens (including phenoxy) is 2. The summed E-state index contributed by atoms with van der Waals surface area (Å²) in [6.07, 6.45) is 0. The Labute approximate surface area is 112 Å². The molecule has 0 saturated heterocycles. The van der Waals surface area contributed by atoms with Gasteiger partial charge in [0.2, 0.25) is 6.79 Å². The zero-order chi connectivity index (χ0) is 14.1. The van der Waals surface area contributed by atoms with Crippen molar-refractivity contribution in [2.24, 2.45) is 0 Å². The number of nitrogens with zero attached hydrogens (tertiary/aromatic N) is 1. The molecule has 0 saturated carbocycles. The first kappa shape index (κ1) is 12.0. The molecular weight excluding hydrogens is 264 g/mol. The van der Waals surface area contributed by atoms with E-state index in [-0.39, 0.29) is 18.0 Å². The third kappa shape index (κ3) is 2.14. The molecule has 1 aliphatic rings. The van der Waals surface area contributed by atoms with Crippen LogP contribution in [-0.4, -0.2) is 22.9 Å². The number of rotatable bonds is 2. The predicted octanol–water partition coefficient (Wildman–Crippen LogP) is 0.333. The number of carbonyl (C=O) groups excluding carboxylic acids is 1. The Balaban J connectivity index is 1.86. The standard InChI is InChI=1S/C12H10N4O4/c13-6-3-9-10(20-5-19-9)4-8(6)14-12(18)7-1-2-11(17)16-15-7/h1-4H,5,13H2,(H,14,18)(H,16,17).